The minimum absolute atomic E-state index is 0.0611. The van der Waals surface area contributed by atoms with Crippen LogP contribution in [0.5, 0.6) is 0 Å². The van der Waals surface area contributed by atoms with Crippen LogP contribution in [0.1, 0.15) is 64.2 Å². The van der Waals surface area contributed by atoms with Crippen molar-refractivity contribution in [3.63, 3.8) is 0 Å². The van der Waals surface area contributed by atoms with Crippen molar-refractivity contribution in [1.29, 1.82) is 0 Å². The summed E-state index contributed by atoms with van der Waals surface area (Å²) in [6, 6.07) is 28.7. The Labute approximate surface area is 223 Å². The molecule has 0 atom stereocenters. The molecule has 0 saturated heterocycles. The average Bonchev–Trinajstić information content (AvgIpc) is 3.53. The van der Waals surface area contributed by atoms with E-state index in [-0.39, 0.29) is 7.92 Å². The fourth-order valence-corrected chi connectivity index (χ4v) is 9.65. The predicted octanol–water partition coefficient (Wildman–Crippen LogP) is 10.3. The van der Waals surface area contributed by atoms with Crippen LogP contribution in [-0.4, -0.2) is 11.3 Å². The van der Waals surface area contributed by atoms with Crippen LogP contribution < -0.4 is 5.30 Å². The van der Waals surface area contributed by atoms with Crippen molar-refractivity contribution in [1.82, 2.24) is 0 Å². The predicted molar refractivity (Wildman–Crippen MR) is 151 cm³/mol. The molecule has 0 amide bonds. The molecule has 2 fully saturated rings. The van der Waals surface area contributed by atoms with Crippen molar-refractivity contribution in [3.05, 3.63) is 78.9 Å². The minimum Gasteiger partial charge on any atom is -0.168 e. The molecule has 4 aromatic carbocycles. The van der Waals surface area contributed by atoms with E-state index in [1.165, 1.54) is 85.8 Å². The summed E-state index contributed by atoms with van der Waals surface area (Å²) < 4.78 is 0. The smallest absolute Gasteiger partial charge is 0.0181 e. The van der Waals surface area contributed by atoms with Gasteiger partial charge in [-0.15, -0.1) is 70.0 Å². The van der Waals surface area contributed by atoms with Gasteiger partial charge >= 0.3 is 35.6 Å². The molecule has 0 bridgehead atoms. The maximum atomic E-state index is 4.89. The van der Waals surface area contributed by atoms with Gasteiger partial charge in [-0.05, 0) is 37.0 Å². The van der Waals surface area contributed by atoms with Gasteiger partial charge in [-0.3, -0.25) is 0 Å². The third kappa shape index (κ3) is 7.21. The zero-order chi connectivity index (χ0) is 23.6. The molecular formula is C30H35Cl2PTi-2. The maximum absolute atomic E-state index is 4.89. The molecule has 2 aliphatic carbocycles. The Kier molecular flexibility index (Phi) is 11.1. The van der Waals surface area contributed by atoms with E-state index >= 15 is 0 Å². The molecule has 0 spiro atoms. The summed E-state index contributed by atoms with van der Waals surface area (Å²) in [5.74, 6) is 0. The summed E-state index contributed by atoms with van der Waals surface area (Å²) >= 11 is -0.556. The first-order valence-corrected chi connectivity index (χ1v) is 18.6. The zero-order valence-corrected chi connectivity index (χ0v) is 23.9. The van der Waals surface area contributed by atoms with E-state index in [4.69, 9.17) is 18.6 Å². The third-order valence-corrected chi connectivity index (χ3v) is 10.8. The van der Waals surface area contributed by atoms with Gasteiger partial charge in [0.25, 0.3) is 0 Å². The first-order chi connectivity index (χ1) is 16.8. The molecular weight excluding hydrogens is 510 g/mol. The molecule has 4 aromatic rings. The normalized spacial score (nSPS) is 17.1. The Balaban J connectivity index is 0.000000189. The molecule has 6 rings (SSSR count). The Morgan fingerprint density at radius 3 is 1.76 bits per heavy atom. The van der Waals surface area contributed by atoms with Crippen LogP contribution in [0.3, 0.4) is 0 Å². The van der Waals surface area contributed by atoms with Gasteiger partial charge in [0.15, 0.2) is 0 Å². The molecule has 0 nitrogen and oxygen atoms in total. The molecule has 2 saturated carbocycles. The average molecular weight is 545 g/mol. The summed E-state index contributed by atoms with van der Waals surface area (Å²) in [5, 5.41) is 7.33. The molecule has 0 heterocycles. The standard InChI is InChI=1S/C21H28P.C9H7.2ClH.Ti/c1-3-11-19(12-4-1)22(20-13-5-2-6-14-20)21-15-17-9-7-8-10-18(17)16-21;1-2-5-9-7-3-6-8(9)4-1;;;/h7-10,15-16,19-20H,1-6,11-14H2;1-7H;2*1H;/q2*-1;;;+2/p-2. The third-order valence-electron chi connectivity index (χ3n) is 7.38. The zero-order valence-electron chi connectivity index (χ0n) is 19.9. The van der Waals surface area contributed by atoms with Crippen molar-refractivity contribution < 1.29 is 17.0 Å². The largest absolute Gasteiger partial charge is 0.168 e. The number of rotatable bonds is 3. The second kappa shape index (κ2) is 14.2. The SMILES string of the molecule is [Cl][Ti][Cl].c1ccc2[cH-]c(P(C3CCCCC3)C3CCCCC3)cc2c1.c1ccc2[cH-]ccc2c1. The van der Waals surface area contributed by atoms with Crippen molar-refractivity contribution >= 4 is 53.4 Å². The van der Waals surface area contributed by atoms with Crippen LogP contribution in [0.25, 0.3) is 21.5 Å². The summed E-state index contributed by atoms with van der Waals surface area (Å²) in [4.78, 5) is 0. The Morgan fingerprint density at radius 2 is 1.21 bits per heavy atom. The van der Waals surface area contributed by atoms with Crippen LogP contribution in [0, 0.1) is 0 Å². The van der Waals surface area contributed by atoms with Gasteiger partial charge in [-0.2, -0.15) is 23.6 Å². The van der Waals surface area contributed by atoms with Crippen LogP contribution in [0.4, 0.5) is 0 Å². The summed E-state index contributed by atoms with van der Waals surface area (Å²) in [5.41, 5.74) is 2.03. The van der Waals surface area contributed by atoms with Gasteiger partial charge in [-0.1, -0.05) is 58.6 Å². The van der Waals surface area contributed by atoms with E-state index in [0.29, 0.717) is 0 Å². The summed E-state index contributed by atoms with van der Waals surface area (Å²) in [6.07, 6.45) is 14.9. The van der Waals surface area contributed by atoms with Crippen LogP contribution >= 0.6 is 26.5 Å². The van der Waals surface area contributed by atoms with Crippen molar-refractivity contribution in [2.24, 2.45) is 0 Å². The first kappa shape index (κ1) is 26.4. The van der Waals surface area contributed by atoms with E-state index in [0.717, 1.165) is 11.3 Å². The Bertz CT molecular complexity index is 1020. The maximum Gasteiger partial charge on any atom is -0.0181 e. The topological polar surface area (TPSA) is 0 Å². The molecule has 0 aliphatic heterocycles. The molecule has 0 aromatic heterocycles. The summed E-state index contributed by atoms with van der Waals surface area (Å²) in [6.45, 7) is 0. The van der Waals surface area contributed by atoms with E-state index < -0.39 is 17.0 Å². The molecule has 34 heavy (non-hydrogen) atoms. The Morgan fingerprint density at radius 1 is 0.676 bits per heavy atom. The summed E-state index contributed by atoms with van der Waals surface area (Å²) in [7, 11) is 9.84. The molecule has 2 aliphatic rings. The Hall–Kier alpha value is -0.616. The van der Waals surface area contributed by atoms with Gasteiger partial charge in [0.2, 0.25) is 0 Å². The van der Waals surface area contributed by atoms with Crippen molar-refractivity contribution in [3.8, 4) is 0 Å². The molecule has 0 N–H and O–H groups in total. The molecule has 0 radical (unpaired) electrons. The van der Waals surface area contributed by atoms with Gasteiger partial charge in [-0.25, -0.2) is 0 Å². The molecule has 0 unspecified atom stereocenters. The molecule has 180 valence electrons. The minimum atomic E-state index is -0.556. The van der Waals surface area contributed by atoms with E-state index in [9.17, 15) is 0 Å². The van der Waals surface area contributed by atoms with Crippen molar-refractivity contribution in [2.75, 3.05) is 0 Å². The van der Waals surface area contributed by atoms with E-state index in [2.05, 4.69) is 78.9 Å². The quantitative estimate of drug-likeness (QED) is 0.137. The number of halogens is 2. The fraction of sp³-hybridized carbons (Fsp3) is 0.400. The fourth-order valence-electron chi connectivity index (χ4n) is 5.79. The van der Waals surface area contributed by atoms with E-state index in [1.54, 1.807) is 5.30 Å². The van der Waals surface area contributed by atoms with Gasteiger partial charge in [0.1, 0.15) is 0 Å². The second-order valence-corrected chi connectivity index (χ2v) is 14.9. The van der Waals surface area contributed by atoms with E-state index in [1.807, 2.05) is 0 Å². The number of hydrogen-bond donors (Lipinski definition) is 0. The van der Waals surface area contributed by atoms with Gasteiger partial charge < -0.3 is 0 Å². The second-order valence-electron chi connectivity index (χ2n) is 9.56. The monoisotopic (exact) mass is 544 g/mol. The first-order valence-electron chi connectivity index (χ1n) is 12.8. The van der Waals surface area contributed by atoms with Crippen molar-refractivity contribution in [2.45, 2.75) is 75.5 Å². The van der Waals surface area contributed by atoms with Crippen LogP contribution in [0.2, 0.25) is 0 Å². The number of hydrogen-bond acceptors (Lipinski definition) is 0. The number of benzene rings is 2. The number of fused-ring (bicyclic) bond motifs is 2. The van der Waals surface area contributed by atoms with Crippen LogP contribution in [0.15, 0.2) is 78.9 Å². The van der Waals surface area contributed by atoms with Crippen LogP contribution in [-0.2, 0) is 17.0 Å². The van der Waals surface area contributed by atoms with Gasteiger partial charge in [0, 0.05) is 0 Å². The molecule has 4 heteroatoms. The van der Waals surface area contributed by atoms with Gasteiger partial charge in [0.05, 0.1) is 0 Å².